The number of anilines is 1. The molecular formula is C28H35N5O4. The number of amides is 2. The van der Waals surface area contributed by atoms with Gasteiger partial charge in [0.15, 0.2) is 5.78 Å². The van der Waals surface area contributed by atoms with Crippen LogP contribution < -0.4 is 15.8 Å². The van der Waals surface area contributed by atoms with Gasteiger partial charge in [0.1, 0.15) is 17.3 Å². The Labute approximate surface area is 217 Å². The number of rotatable bonds is 10. The van der Waals surface area contributed by atoms with Gasteiger partial charge in [0, 0.05) is 48.2 Å². The molecular weight excluding hydrogens is 470 g/mol. The number of amidine groups is 1. The minimum atomic E-state index is -0.406. The third-order valence-electron chi connectivity index (χ3n) is 6.58. The lowest BCUT2D eigenvalue weighted by molar-refractivity contribution is -0.118. The zero-order valence-electron chi connectivity index (χ0n) is 21.9. The molecule has 0 saturated heterocycles. The lowest BCUT2D eigenvalue weighted by atomic mass is 9.84. The van der Waals surface area contributed by atoms with E-state index in [1.807, 2.05) is 32.9 Å². The fraction of sp³-hybridized carbons (Fsp3) is 0.464. The van der Waals surface area contributed by atoms with Crippen LogP contribution in [0.15, 0.2) is 24.3 Å². The number of nitrogens with zero attached hydrogens (tertiary/aromatic N) is 2. The standard InChI is InChI=1S/C28H35N5O4/c1-16(34)31-22-13-19(12-20(28(2,3)4)26(22)37-11-5-6-24(29)36)23(35)15-33-14-18-9-10-21(17-7-8-17)32-25(18)27(33)30/h9-10,12-13,17,30H,5-8,11,14-15H2,1-4H3,(H2,29,36)(H,31,34). The Balaban J connectivity index is 1.59. The van der Waals surface area contributed by atoms with Crippen molar-refractivity contribution in [3.05, 3.63) is 52.3 Å². The number of primary amides is 1. The molecule has 1 aliphatic carbocycles. The van der Waals surface area contributed by atoms with E-state index >= 15 is 0 Å². The topological polar surface area (TPSA) is 138 Å². The van der Waals surface area contributed by atoms with Gasteiger partial charge in [-0.25, -0.2) is 4.98 Å². The number of fused-ring (bicyclic) bond motifs is 1. The molecule has 0 spiro atoms. The van der Waals surface area contributed by atoms with Gasteiger partial charge in [-0.15, -0.1) is 0 Å². The van der Waals surface area contributed by atoms with Gasteiger partial charge in [0.2, 0.25) is 11.8 Å². The first kappa shape index (κ1) is 26.3. The van der Waals surface area contributed by atoms with E-state index in [0.717, 1.165) is 29.7 Å². The Kier molecular flexibility index (Phi) is 7.34. The zero-order valence-corrected chi connectivity index (χ0v) is 21.9. The molecule has 1 aliphatic heterocycles. The number of hydrogen-bond donors (Lipinski definition) is 3. The first-order chi connectivity index (χ1) is 17.4. The van der Waals surface area contributed by atoms with Crippen LogP contribution in [0, 0.1) is 5.41 Å². The van der Waals surface area contributed by atoms with Crippen LogP contribution in [0.5, 0.6) is 5.75 Å². The third-order valence-corrected chi connectivity index (χ3v) is 6.58. The lowest BCUT2D eigenvalue weighted by Gasteiger charge is -2.26. The van der Waals surface area contributed by atoms with E-state index in [0.29, 0.717) is 41.6 Å². The van der Waals surface area contributed by atoms with E-state index in [-0.39, 0.29) is 37.1 Å². The van der Waals surface area contributed by atoms with Crippen molar-refractivity contribution >= 4 is 29.1 Å². The Hall–Kier alpha value is -3.75. The summed E-state index contributed by atoms with van der Waals surface area (Å²) in [5.74, 6) is 0.364. The summed E-state index contributed by atoms with van der Waals surface area (Å²) in [6.45, 7) is 8.12. The van der Waals surface area contributed by atoms with Crippen molar-refractivity contribution in [2.75, 3.05) is 18.5 Å². The van der Waals surface area contributed by atoms with Crippen molar-refractivity contribution in [2.24, 2.45) is 5.73 Å². The van der Waals surface area contributed by atoms with Gasteiger partial charge in [0.25, 0.3) is 0 Å². The van der Waals surface area contributed by atoms with E-state index in [1.165, 1.54) is 6.92 Å². The summed E-state index contributed by atoms with van der Waals surface area (Å²) in [4.78, 5) is 43.0. The quantitative estimate of drug-likeness (QED) is 0.331. The number of nitrogens with one attached hydrogen (secondary N) is 2. The van der Waals surface area contributed by atoms with Crippen molar-refractivity contribution in [1.29, 1.82) is 5.41 Å². The Bertz CT molecular complexity index is 1260. The molecule has 2 aliphatic rings. The highest BCUT2D eigenvalue weighted by Crippen LogP contribution is 2.40. The number of hydrogen-bond acceptors (Lipinski definition) is 6. The van der Waals surface area contributed by atoms with Gasteiger partial charge in [-0.05, 0) is 42.9 Å². The molecule has 0 unspecified atom stereocenters. The number of ketones is 1. The summed E-state index contributed by atoms with van der Waals surface area (Å²) < 4.78 is 6.02. The zero-order chi connectivity index (χ0) is 26.9. The largest absolute Gasteiger partial charge is 0.491 e. The van der Waals surface area contributed by atoms with Crippen LogP contribution >= 0.6 is 0 Å². The van der Waals surface area contributed by atoms with Crippen molar-refractivity contribution in [3.8, 4) is 5.75 Å². The minimum Gasteiger partial charge on any atom is -0.491 e. The van der Waals surface area contributed by atoms with Crippen LogP contribution in [0.2, 0.25) is 0 Å². The fourth-order valence-corrected chi connectivity index (χ4v) is 4.48. The molecule has 4 rings (SSSR count). The molecule has 9 heteroatoms. The summed E-state index contributed by atoms with van der Waals surface area (Å²) in [7, 11) is 0. The number of benzene rings is 1. The van der Waals surface area contributed by atoms with E-state index in [9.17, 15) is 14.4 Å². The smallest absolute Gasteiger partial charge is 0.221 e. The SMILES string of the molecule is CC(=O)Nc1cc(C(=O)CN2Cc3ccc(C4CC4)nc3C2=N)cc(C(C)(C)C)c1OCCCC(N)=O. The number of ether oxygens (including phenoxy) is 1. The number of carbonyl (C=O) groups excluding carboxylic acids is 3. The predicted molar refractivity (Wildman–Crippen MR) is 141 cm³/mol. The number of carbonyl (C=O) groups is 3. The van der Waals surface area contributed by atoms with E-state index in [1.54, 1.807) is 17.0 Å². The molecule has 2 aromatic rings. The highest BCUT2D eigenvalue weighted by molar-refractivity contribution is 6.05. The minimum absolute atomic E-state index is 0.0237. The summed E-state index contributed by atoms with van der Waals surface area (Å²) >= 11 is 0. The molecule has 0 bridgehead atoms. The summed E-state index contributed by atoms with van der Waals surface area (Å²) in [6.07, 6.45) is 2.91. The monoisotopic (exact) mass is 505 g/mol. The van der Waals surface area contributed by atoms with Crippen LogP contribution in [-0.2, 0) is 21.5 Å². The van der Waals surface area contributed by atoms with E-state index in [4.69, 9.17) is 20.9 Å². The molecule has 1 aromatic heterocycles. The third kappa shape index (κ3) is 6.15. The second kappa shape index (κ2) is 10.3. The molecule has 2 amide bonds. The molecule has 4 N–H and O–H groups in total. The maximum Gasteiger partial charge on any atom is 0.221 e. The molecule has 9 nitrogen and oxygen atoms in total. The van der Waals surface area contributed by atoms with Gasteiger partial charge in [-0.1, -0.05) is 26.8 Å². The average molecular weight is 506 g/mol. The van der Waals surface area contributed by atoms with Crippen LogP contribution in [0.3, 0.4) is 0 Å². The molecule has 0 radical (unpaired) electrons. The highest BCUT2D eigenvalue weighted by Gasteiger charge is 2.32. The molecule has 37 heavy (non-hydrogen) atoms. The number of aromatic nitrogens is 1. The van der Waals surface area contributed by atoms with Crippen molar-refractivity contribution in [3.63, 3.8) is 0 Å². The molecule has 1 fully saturated rings. The molecule has 1 saturated carbocycles. The van der Waals surface area contributed by atoms with Gasteiger partial charge >= 0.3 is 0 Å². The second-order valence-corrected chi connectivity index (χ2v) is 10.9. The van der Waals surface area contributed by atoms with E-state index < -0.39 is 11.3 Å². The summed E-state index contributed by atoms with van der Waals surface area (Å²) in [5.41, 5.74) is 9.06. The lowest BCUT2D eigenvalue weighted by Crippen LogP contribution is -2.31. The van der Waals surface area contributed by atoms with Crippen LogP contribution in [0.25, 0.3) is 0 Å². The van der Waals surface area contributed by atoms with Gasteiger partial charge in [-0.3, -0.25) is 19.8 Å². The number of Topliss-reactive ketones (excluding diaryl/α,β-unsaturated/α-hetero) is 1. The van der Waals surface area contributed by atoms with Crippen molar-refractivity contribution < 1.29 is 19.1 Å². The first-order valence-corrected chi connectivity index (χ1v) is 12.7. The Morgan fingerprint density at radius 1 is 1.22 bits per heavy atom. The van der Waals surface area contributed by atoms with Crippen LogP contribution in [0.1, 0.15) is 92.2 Å². The first-order valence-electron chi connectivity index (χ1n) is 12.7. The predicted octanol–water partition coefficient (Wildman–Crippen LogP) is 3.88. The molecule has 2 heterocycles. The fourth-order valence-electron chi connectivity index (χ4n) is 4.48. The highest BCUT2D eigenvalue weighted by atomic mass is 16.5. The number of nitrogens with two attached hydrogens (primary N) is 1. The number of pyridine rings is 1. The summed E-state index contributed by atoms with van der Waals surface area (Å²) in [6, 6.07) is 7.48. The Morgan fingerprint density at radius 2 is 1.95 bits per heavy atom. The van der Waals surface area contributed by atoms with Crippen LogP contribution in [-0.4, -0.2) is 46.5 Å². The van der Waals surface area contributed by atoms with Crippen molar-refractivity contribution in [2.45, 2.75) is 71.3 Å². The maximum atomic E-state index is 13.5. The average Bonchev–Trinajstić information content (AvgIpc) is 3.61. The van der Waals surface area contributed by atoms with Crippen LogP contribution in [0.4, 0.5) is 5.69 Å². The maximum absolute atomic E-state index is 13.5. The van der Waals surface area contributed by atoms with Crippen molar-refractivity contribution in [1.82, 2.24) is 9.88 Å². The van der Waals surface area contributed by atoms with Gasteiger partial charge in [0.05, 0.1) is 18.8 Å². The molecule has 196 valence electrons. The van der Waals surface area contributed by atoms with Gasteiger partial charge in [-0.2, -0.15) is 0 Å². The second-order valence-electron chi connectivity index (χ2n) is 10.9. The molecule has 0 atom stereocenters. The normalized spacial score (nSPS) is 14.9. The van der Waals surface area contributed by atoms with E-state index in [2.05, 4.69) is 5.32 Å². The van der Waals surface area contributed by atoms with Gasteiger partial charge < -0.3 is 20.7 Å². The molecule has 1 aromatic carbocycles. The summed E-state index contributed by atoms with van der Waals surface area (Å²) in [5, 5.41) is 11.4. The Morgan fingerprint density at radius 3 is 2.57 bits per heavy atom.